The molecule has 2 aliphatic rings. The Morgan fingerprint density at radius 1 is 0.970 bits per heavy atom. The van der Waals surface area contributed by atoms with E-state index in [2.05, 4.69) is 16.1 Å². The molecule has 2 aromatic carbocycles. The van der Waals surface area contributed by atoms with E-state index in [1.54, 1.807) is 12.1 Å². The maximum absolute atomic E-state index is 14.3. The minimum Gasteiger partial charge on any atom is -0.310 e. The molecule has 6 rings (SSSR count). The lowest BCUT2D eigenvalue weighted by atomic mass is 9.95. The van der Waals surface area contributed by atoms with E-state index in [0.717, 1.165) is 29.8 Å². The van der Waals surface area contributed by atoms with Crippen molar-refractivity contribution >= 4 is 23.1 Å². The van der Waals surface area contributed by atoms with Gasteiger partial charge < -0.3 is 14.8 Å². The number of hydrogen-bond acceptors (Lipinski definition) is 2. The number of anilines is 1. The summed E-state index contributed by atoms with van der Waals surface area (Å²) in [5.41, 5.74) is 5.11. The number of thiophene rings is 1. The van der Waals surface area contributed by atoms with Gasteiger partial charge in [0.25, 0.3) is 0 Å². The van der Waals surface area contributed by atoms with E-state index >= 15 is 0 Å². The van der Waals surface area contributed by atoms with Gasteiger partial charge in [0.1, 0.15) is 10.8 Å². The van der Waals surface area contributed by atoms with Gasteiger partial charge in [-0.15, -0.1) is 11.3 Å². The molecule has 1 aliphatic heterocycles. The number of nitrogens with one attached hydrogen (secondary N) is 1. The zero-order valence-electron chi connectivity index (χ0n) is 18.1. The third-order valence-corrected chi connectivity index (χ3v) is 7.96. The highest BCUT2D eigenvalue weighted by Crippen LogP contribution is 2.44. The number of para-hydroxylation sites is 1. The summed E-state index contributed by atoms with van der Waals surface area (Å²) < 4.78 is 16.5. The number of hydrogen-bond donors (Lipinski definition) is 1. The summed E-state index contributed by atoms with van der Waals surface area (Å²) in [5.74, 6) is -0.301. The number of aromatic nitrogens is 1. The number of carbonyl (C=O) groups is 1. The minimum atomic E-state index is -0.404. The number of fused-ring (bicyclic) bond motifs is 5. The molecule has 3 heterocycles. The summed E-state index contributed by atoms with van der Waals surface area (Å²) in [6, 6.07) is 19.6. The Hall–Kier alpha value is -3.38. The Morgan fingerprint density at radius 2 is 1.82 bits per heavy atom. The molecule has 0 saturated carbocycles. The lowest BCUT2D eigenvalue weighted by molar-refractivity contribution is 0.194. The van der Waals surface area contributed by atoms with Gasteiger partial charge in [-0.2, -0.15) is 0 Å². The molecule has 0 saturated heterocycles. The van der Waals surface area contributed by atoms with Gasteiger partial charge >= 0.3 is 6.03 Å². The summed E-state index contributed by atoms with van der Waals surface area (Å²) in [5, 5.41) is 4.26. The van der Waals surface area contributed by atoms with E-state index in [1.165, 1.54) is 39.9 Å². The standard InChI is InChI=1S/C27H24FN3OS/c28-19-9-6-8-18(16-19)25-23-13-7-15-30(23)26-22(21-12-4-5-14-24(21)33-26)17-31(25)27(32)29-20-10-2-1-3-11-20/h1-3,6-11,13,15-16,25H,4-5,12,14,17H2,(H,29,32)/t25-/m1/s1. The molecule has 0 unspecified atom stereocenters. The van der Waals surface area contributed by atoms with Gasteiger partial charge in [0.15, 0.2) is 0 Å². The van der Waals surface area contributed by atoms with E-state index in [1.807, 2.05) is 64.8 Å². The van der Waals surface area contributed by atoms with Crippen LogP contribution in [0.1, 0.15) is 46.1 Å². The number of urea groups is 1. The molecule has 33 heavy (non-hydrogen) atoms. The number of rotatable bonds is 2. The number of nitrogens with zero attached hydrogens (tertiary/aromatic N) is 2. The molecule has 0 spiro atoms. The molecule has 0 bridgehead atoms. The van der Waals surface area contributed by atoms with Crippen LogP contribution in [-0.4, -0.2) is 15.5 Å². The van der Waals surface area contributed by atoms with E-state index in [4.69, 9.17) is 0 Å². The van der Waals surface area contributed by atoms with Crippen LogP contribution in [0.5, 0.6) is 0 Å². The molecule has 166 valence electrons. The van der Waals surface area contributed by atoms with Gasteiger partial charge in [0.05, 0.1) is 18.3 Å². The largest absolute Gasteiger partial charge is 0.322 e. The Morgan fingerprint density at radius 3 is 2.67 bits per heavy atom. The van der Waals surface area contributed by atoms with Crippen LogP contribution in [0, 0.1) is 5.82 Å². The quantitative estimate of drug-likeness (QED) is 0.358. The van der Waals surface area contributed by atoms with Gasteiger partial charge in [0.2, 0.25) is 0 Å². The first-order valence-corrected chi connectivity index (χ1v) is 12.2. The lowest BCUT2D eigenvalue weighted by Crippen LogP contribution is -2.38. The second-order valence-corrected chi connectivity index (χ2v) is 9.76. The monoisotopic (exact) mass is 457 g/mol. The second-order valence-electron chi connectivity index (χ2n) is 8.68. The van der Waals surface area contributed by atoms with Crippen LogP contribution < -0.4 is 5.32 Å². The smallest absolute Gasteiger partial charge is 0.310 e. The highest BCUT2D eigenvalue weighted by Gasteiger charge is 2.36. The highest BCUT2D eigenvalue weighted by atomic mass is 32.1. The van der Waals surface area contributed by atoms with Crippen molar-refractivity contribution in [3.05, 3.63) is 106 Å². The van der Waals surface area contributed by atoms with Crippen molar-refractivity contribution in [2.45, 2.75) is 38.3 Å². The van der Waals surface area contributed by atoms with Gasteiger partial charge in [-0.05, 0) is 73.2 Å². The molecule has 2 amide bonds. The van der Waals surface area contributed by atoms with Gasteiger partial charge in [-0.1, -0.05) is 30.3 Å². The summed E-state index contributed by atoms with van der Waals surface area (Å²) >= 11 is 1.85. The Bertz CT molecular complexity index is 1330. The first-order valence-electron chi connectivity index (χ1n) is 11.4. The number of amides is 2. The molecule has 6 heteroatoms. The molecule has 1 aliphatic carbocycles. The van der Waals surface area contributed by atoms with Crippen LogP contribution in [0.25, 0.3) is 5.00 Å². The van der Waals surface area contributed by atoms with Crippen molar-refractivity contribution in [3.8, 4) is 5.00 Å². The number of halogens is 1. The fourth-order valence-electron chi connectivity index (χ4n) is 5.13. The van der Waals surface area contributed by atoms with Crippen LogP contribution in [-0.2, 0) is 19.4 Å². The first-order chi connectivity index (χ1) is 16.2. The average molecular weight is 458 g/mol. The summed E-state index contributed by atoms with van der Waals surface area (Å²) in [6.07, 6.45) is 6.62. The van der Waals surface area contributed by atoms with E-state index in [9.17, 15) is 9.18 Å². The van der Waals surface area contributed by atoms with Crippen molar-refractivity contribution in [2.24, 2.45) is 0 Å². The predicted octanol–water partition coefficient (Wildman–Crippen LogP) is 6.69. The summed E-state index contributed by atoms with van der Waals surface area (Å²) in [6.45, 7) is 0.489. The highest BCUT2D eigenvalue weighted by molar-refractivity contribution is 7.15. The van der Waals surface area contributed by atoms with E-state index < -0.39 is 6.04 Å². The van der Waals surface area contributed by atoms with Crippen LogP contribution in [0.3, 0.4) is 0 Å². The fourth-order valence-corrected chi connectivity index (χ4v) is 6.53. The zero-order chi connectivity index (χ0) is 22.4. The van der Waals surface area contributed by atoms with E-state index in [-0.39, 0.29) is 11.8 Å². The van der Waals surface area contributed by atoms with Crippen LogP contribution in [0.2, 0.25) is 0 Å². The zero-order valence-corrected chi connectivity index (χ0v) is 18.9. The molecular formula is C27H24FN3OS. The average Bonchev–Trinajstić information content (AvgIpc) is 3.41. The van der Waals surface area contributed by atoms with Gasteiger partial charge in [0, 0.05) is 22.3 Å². The second kappa shape index (κ2) is 8.19. The van der Waals surface area contributed by atoms with Crippen molar-refractivity contribution in [1.29, 1.82) is 0 Å². The molecule has 4 nitrogen and oxygen atoms in total. The molecule has 2 aromatic heterocycles. The van der Waals surface area contributed by atoms with Gasteiger partial charge in [-0.3, -0.25) is 0 Å². The number of carbonyl (C=O) groups excluding carboxylic acids is 1. The molecule has 0 radical (unpaired) electrons. The summed E-state index contributed by atoms with van der Waals surface area (Å²) in [4.78, 5) is 17.0. The number of aryl methyl sites for hydroxylation is 1. The molecule has 4 aromatic rings. The fraction of sp³-hybridized carbons (Fsp3) is 0.222. The van der Waals surface area contributed by atoms with Crippen LogP contribution in [0.15, 0.2) is 72.9 Å². The van der Waals surface area contributed by atoms with Gasteiger partial charge in [-0.25, -0.2) is 9.18 Å². The molecule has 1 atom stereocenters. The topological polar surface area (TPSA) is 37.3 Å². The minimum absolute atomic E-state index is 0.188. The van der Waals surface area contributed by atoms with Crippen LogP contribution >= 0.6 is 11.3 Å². The lowest BCUT2D eigenvalue weighted by Gasteiger charge is -2.31. The third kappa shape index (κ3) is 3.55. The normalized spacial score (nSPS) is 17.0. The van der Waals surface area contributed by atoms with Crippen LogP contribution in [0.4, 0.5) is 14.9 Å². The first kappa shape index (κ1) is 20.2. The Labute approximate surface area is 196 Å². The molecule has 1 N–H and O–H groups in total. The van der Waals surface area contributed by atoms with Crippen molar-refractivity contribution < 1.29 is 9.18 Å². The van der Waals surface area contributed by atoms with Crippen molar-refractivity contribution in [3.63, 3.8) is 0 Å². The Balaban J connectivity index is 1.51. The molecule has 0 fully saturated rings. The van der Waals surface area contributed by atoms with E-state index in [0.29, 0.717) is 6.54 Å². The Kier molecular flexibility index (Phi) is 5.03. The van der Waals surface area contributed by atoms with Crippen molar-refractivity contribution in [1.82, 2.24) is 9.47 Å². The maximum Gasteiger partial charge on any atom is 0.322 e. The maximum atomic E-state index is 14.3. The summed E-state index contributed by atoms with van der Waals surface area (Å²) in [7, 11) is 0. The predicted molar refractivity (Wildman–Crippen MR) is 130 cm³/mol. The number of benzene rings is 2. The SMILES string of the molecule is O=C(Nc1ccccc1)N1Cc2c(sc3c2CCCC3)-n2cccc2[C@H]1c1cccc(F)c1. The third-order valence-electron chi connectivity index (χ3n) is 6.63. The molecular weight excluding hydrogens is 433 g/mol. The van der Waals surface area contributed by atoms with Crippen molar-refractivity contribution in [2.75, 3.05) is 5.32 Å².